The molecule has 2 N–H and O–H groups in total. The minimum Gasteiger partial charge on any atom is -0.490 e. The zero-order valence-corrected chi connectivity index (χ0v) is 13.7. The number of halogens is 1. The molecular weight excluding hydrogens is 327 g/mol. The van der Waals surface area contributed by atoms with E-state index in [1.807, 2.05) is 6.07 Å². The fourth-order valence-corrected chi connectivity index (χ4v) is 1.90. The summed E-state index contributed by atoms with van der Waals surface area (Å²) < 4.78 is 23.1. The summed E-state index contributed by atoms with van der Waals surface area (Å²) in [4.78, 5) is 23.6. The standard InChI is InChI=1S/C18H19FN2O4/c1-13(20-18(23)21-15-5-3-2-4-6-15)17(22)25-12-11-24-16-9-7-14(19)8-10-16/h2-10,13H,11-12H2,1H3,(H2,20,21,23)/t13-/m0/s1. The summed E-state index contributed by atoms with van der Waals surface area (Å²) in [6.45, 7) is 1.66. The number of urea groups is 1. The Balaban J connectivity index is 1.65. The summed E-state index contributed by atoms with van der Waals surface area (Å²) >= 11 is 0. The molecular formula is C18H19FN2O4. The molecule has 0 spiro atoms. The van der Waals surface area contributed by atoms with Crippen LogP contribution in [-0.2, 0) is 9.53 Å². The van der Waals surface area contributed by atoms with Gasteiger partial charge in [0.25, 0.3) is 0 Å². The number of hydrogen-bond donors (Lipinski definition) is 2. The maximum absolute atomic E-state index is 12.7. The zero-order chi connectivity index (χ0) is 18.1. The van der Waals surface area contributed by atoms with Crippen molar-refractivity contribution < 1.29 is 23.5 Å². The topological polar surface area (TPSA) is 76.7 Å². The van der Waals surface area contributed by atoms with Gasteiger partial charge in [-0.1, -0.05) is 18.2 Å². The van der Waals surface area contributed by atoms with Crippen molar-refractivity contribution in [2.24, 2.45) is 0 Å². The van der Waals surface area contributed by atoms with Crippen LogP contribution in [0.1, 0.15) is 6.92 Å². The van der Waals surface area contributed by atoms with Crippen LogP contribution in [0.2, 0.25) is 0 Å². The molecule has 0 saturated carbocycles. The highest BCUT2D eigenvalue weighted by atomic mass is 19.1. The van der Waals surface area contributed by atoms with E-state index in [9.17, 15) is 14.0 Å². The lowest BCUT2D eigenvalue weighted by atomic mass is 10.3. The highest BCUT2D eigenvalue weighted by molar-refractivity contribution is 5.92. The van der Waals surface area contributed by atoms with Crippen molar-refractivity contribution in [3.63, 3.8) is 0 Å². The van der Waals surface area contributed by atoms with Crippen LogP contribution >= 0.6 is 0 Å². The molecule has 0 fully saturated rings. The molecule has 2 rings (SSSR count). The molecule has 0 aliphatic carbocycles. The van der Waals surface area contributed by atoms with E-state index >= 15 is 0 Å². The number of rotatable bonds is 7. The molecule has 0 saturated heterocycles. The number of hydrogen-bond acceptors (Lipinski definition) is 4. The maximum Gasteiger partial charge on any atom is 0.328 e. The van der Waals surface area contributed by atoms with Crippen LogP contribution in [-0.4, -0.2) is 31.3 Å². The molecule has 0 unspecified atom stereocenters. The van der Waals surface area contributed by atoms with Crippen molar-refractivity contribution in [3.8, 4) is 5.75 Å². The van der Waals surface area contributed by atoms with Gasteiger partial charge in [0.1, 0.15) is 30.8 Å². The van der Waals surface area contributed by atoms with Crippen molar-refractivity contribution >= 4 is 17.7 Å². The highest BCUT2D eigenvalue weighted by Crippen LogP contribution is 2.10. The normalized spacial score (nSPS) is 11.3. The van der Waals surface area contributed by atoms with E-state index in [0.29, 0.717) is 11.4 Å². The molecule has 0 aliphatic rings. The molecule has 0 aliphatic heterocycles. The van der Waals surface area contributed by atoms with Crippen molar-refractivity contribution in [2.75, 3.05) is 18.5 Å². The van der Waals surface area contributed by atoms with Crippen LogP contribution in [0.15, 0.2) is 54.6 Å². The first-order valence-electron chi connectivity index (χ1n) is 7.72. The van der Waals surface area contributed by atoms with Gasteiger partial charge >= 0.3 is 12.0 Å². The average Bonchev–Trinajstić information content (AvgIpc) is 2.60. The number of para-hydroxylation sites is 1. The minimum absolute atomic E-state index is 0.0164. The average molecular weight is 346 g/mol. The predicted octanol–water partition coefficient (Wildman–Crippen LogP) is 2.96. The highest BCUT2D eigenvalue weighted by Gasteiger charge is 2.17. The molecule has 7 heteroatoms. The monoisotopic (exact) mass is 346 g/mol. The number of anilines is 1. The first-order chi connectivity index (χ1) is 12.0. The smallest absolute Gasteiger partial charge is 0.328 e. The van der Waals surface area contributed by atoms with Crippen LogP contribution in [0.3, 0.4) is 0 Å². The number of esters is 1. The third kappa shape index (κ3) is 6.50. The van der Waals surface area contributed by atoms with Gasteiger partial charge in [0, 0.05) is 5.69 Å². The van der Waals surface area contributed by atoms with E-state index in [2.05, 4.69) is 10.6 Å². The lowest BCUT2D eigenvalue weighted by Gasteiger charge is -2.14. The summed E-state index contributed by atoms with van der Waals surface area (Å²) in [5.41, 5.74) is 0.619. The van der Waals surface area contributed by atoms with Crippen molar-refractivity contribution in [1.82, 2.24) is 5.32 Å². The summed E-state index contributed by atoms with van der Waals surface area (Å²) in [5.74, 6) is -0.454. The lowest BCUT2D eigenvalue weighted by Crippen LogP contribution is -2.42. The Kier molecular flexibility index (Phi) is 6.76. The van der Waals surface area contributed by atoms with E-state index in [4.69, 9.17) is 9.47 Å². The summed E-state index contributed by atoms with van der Waals surface area (Å²) in [5, 5.41) is 5.09. The Labute approximate surface area is 144 Å². The number of ether oxygens (including phenoxy) is 2. The lowest BCUT2D eigenvalue weighted by molar-refractivity contribution is -0.146. The van der Waals surface area contributed by atoms with Crippen LogP contribution in [0, 0.1) is 5.82 Å². The van der Waals surface area contributed by atoms with Gasteiger partial charge in [0.15, 0.2) is 0 Å². The van der Waals surface area contributed by atoms with Crippen LogP contribution in [0.5, 0.6) is 5.75 Å². The van der Waals surface area contributed by atoms with Crippen molar-refractivity contribution in [3.05, 3.63) is 60.4 Å². The molecule has 2 amide bonds. The Hall–Kier alpha value is -3.09. The van der Waals surface area contributed by atoms with E-state index in [1.165, 1.54) is 31.2 Å². The molecule has 2 aromatic carbocycles. The Bertz CT molecular complexity index is 692. The minimum atomic E-state index is -0.811. The second-order valence-corrected chi connectivity index (χ2v) is 5.16. The molecule has 132 valence electrons. The summed E-state index contributed by atoms with van der Waals surface area (Å²) in [7, 11) is 0. The quantitative estimate of drug-likeness (QED) is 0.597. The van der Waals surface area contributed by atoms with Crippen molar-refractivity contribution in [2.45, 2.75) is 13.0 Å². The molecule has 0 radical (unpaired) electrons. The van der Waals surface area contributed by atoms with Crippen LogP contribution in [0.25, 0.3) is 0 Å². The molecule has 1 atom stereocenters. The second-order valence-electron chi connectivity index (χ2n) is 5.16. The molecule has 2 aromatic rings. The van der Waals surface area contributed by atoms with E-state index in [1.54, 1.807) is 24.3 Å². The van der Waals surface area contributed by atoms with Crippen LogP contribution in [0.4, 0.5) is 14.9 Å². The third-order valence-corrected chi connectivity index (χ3v) is 3.14. The third-order valence-electron chi connectivity index (χ3n) is 3.14. The molecule has 0 bridgehead atoms. The van der Waals surface area contributed by atoms with Gasteiger partial charge in [-0.2, -0.15) is 0 Å². The number of carbonyl (C=O) groups is 2. The molecule has 0 aromatic heterocycles. The van der Waals surface area contributed by atoms with Gasteiger partial charge in [-0.25, -0.2) is 14.0 Å². The number of nitrogens with one attached hydrogen (secondary N) is 2. The fourth-order valence-electron chi connectivity index (χ4n) is 1.90. The number of benzene rings is 2. The molecule has 25 heavy (non-hydrogen) atoms. The zero-order valence-electron chi connectivity index (χ0n) is 13.7. The van der Waals surface area contributed by atoms with Gasteiger partial charge in [-0.05, 0) is 43.3 Å². The second kappa shape index (κ2) is 9.27. The Morgan fingerprint density at radius 1 is 1.04 bits per heavy atom. The summed E-state index contributed by atoms with van der Waals surface area (Å²) in [6, 6.07) is 13.1. The molecule has 0 heterocycles. The SMILES string of the molecule is C[C@H](NC(=O)Nc1ccccc1)C(=O)OCCOc1ccc(F)cc1. The summed E-state index contributed by atoms with van der Waals surface area (Å²) in [6.07, 6.45) is 0. The van der Waals surface area contributed by atoms with Gasteiger partial charge in [0.05, 0.1) is 0 Å². The van der Waals surface area contributed by atoms with E-state index < -0.39 is 18.0 Å². The fraction of sp³-hybridized carbons (Fsp3) is 0.222. The van der Waals surface area contributed by atoms with Crippen LogP contribution < -0.4 is 15.4 Å². The van der Waals surface area contributed by atoms with Gasteiger partial charge < -0.3 is 20.1 Å². The predicted molar refractivity (Wildman–Crippen MR) is 90.9 cm³/mol. The van der Waals surface area contributed by atoms with Crippen molar-refractivity contribution in [1.29, 1.82) is 0 Å². The molecule has 6 nitrogen and oxygen atoms in total. The van der Waals surface area contributed by atoms with Gasteiger partial charge in [0.2, 0.25) is 0 Å². The Morgan fingerprint density at radius 2 is 1.72 bits per heavy atom. The maximum atomic E-state index is 12.7. The number of carbonyl (C=O) groups excluding carboxylic acids is 2. The Morgan fingerprint density at radius 3 is 2.40 bits per heavy atom. The van der Waals surface area contributed by atoms with E-state index in [0.717, 1.165) is 0 Å². The first-order valence-corrected chi connectivity index (χ1v) is 7.72. The van der Waals surface area contributed by atoms with E-state index in [-0.39, 0.29) is 19.0 Å². The number of amides is 2. The van der Waals surface area contributed by atoms with Gasteiger partial charge in [-0.15, -0.1) is 0 Å². The first kappa shape index (κ1) is 18.3. The van der Waals surface area contributed by atoms with Gasteiger partial charge in [-0.3, -0.25) is 0 Å². The largest absolute Gasteiger partial charge is 0.490 e.